The summed E-state index contributed by atoms with van der Waals surface area (Å²) in [6.07, 6.45) is 0. The molecule has 0 saturated carbocycles. The molecular formula is C12H15N3. The molecule has 3 heteroatoms. The molecule has 0 atom stereocenters. The molecule has 0 spiro atoms. The van der Waals surface area contributed by atoms with E-state index < -0.39 is 0 Å². The highest BCUT2D eigenvalue weighted by molar-refractivity contribution is 5.83. The SMILES string of the molecule is Cc1cc2cc(C)c(NN)nc2cc1C. The number of fused-ring (bicyclic) bond motifs is 1. The minimum atomic E-state index is 0.741. The lowest BCUT2D eigenvalue weighted by atomic mass is 10.1. The van der Waals surface area contributed by atoms with Crippen molar-refractivity contribution in [2.45, 2.75) is 20.8 Å². The van der Waals surface area contributed by atoms with E-state index in [4.69, 9.17) is 5.84 Å². The monoisotopic (exact) mass is 201 g/mol. The summed E-state index contributed by atoms with van der Waals surface area (Å²) in [6, 6.07) is 6.35. The van der Waals surface area contributed by atoms with Crippen molar-refractivity contribution in [1.82, 2.24) is 4.98 Å². The highest BCUT2D eigenvalue weighted by Crippen LogP contribution is 2.22. The Balaban J connectivity index is 2.76. The summed E-state index contributed by atoms with van der Waals surface area (Å²) in [4.78, 5) is 4.46. The van der Waals surface area contributed by atoms with Gasteiger partial charge in [0, 0.05) is 5.39 Å². The van der Waals surface area contributed by atoms with Crippen molar-refractivity contribution in [1.29, 1.82) is 0 Å². The van der Waals surface area contributed by atoms with Crippen LogP contribution in [0.5, 0.6) is 0 Å². The average Bonchev–Trinajstić information content (AvgIpc) is 2.20. The second kappa shape index (κ2) is 3.51. The smallest absolute Gasteiger partial charge is 0.143 e. The quantitative estimate of drug-likeness (QED) is 0.550. The standard InChI is InChI=1S/C12H15N3/c1-7-4-10-5-9(3)12(15-13)14-11(10)6-8(7)2/h4-6H,13H2,1-3H3,(H,14,15). The molecule has 15 heavy (non-hydrogen) atoms. The lowest BCUT2D eigenvalue weighted by Gasteiger charge is -2.08. The van der Waals surface area contributed by atoms with Crippen molar-refractivity contribution in [2.24, 2.45) is 5.84 Å². The molecule has 1 aromatic carbocycles. The first-order valence-electron chi connectivity index (χ1n) is 4.97. The number of nitrogen functional groups attached to an aromatic ring is 1. The van der Waals surface area contributed by atoms with E-state index in [1.807, 2.05) is 6.92 Å². The van der Waals surface area contributed by atoms with E-state index in [-0.39, 0.29) is 0 Å². The second-order valence-corrected chi connectivity index (χ2v) is 3.93. The van der Waals surface area contributed by atoms with Crippen LogP contribution in [0.4, 0.5) is 5.82 Å². The predicted octanol–water partition coefficient (Wildman–Crippen LogP) is 2.45. The zero-order chi connectivity index (χ0) is 11.0. The third-order valence-corrected chi connectivity index (χ3v) is 2.76. The van der Waals surface area contributed by atoms with Gasteiger partial charge in [0.25, 0.3) is 0 Å². The molecule has 0 saturated heterocycles. The van der Waals surface area contributed by atoms with Crippen LogP contribution in [0.1, 0.15) is 16.7 Å². The van der Waals surface area contributed by atoms with Gasteiger partial charge in [-0.2, -0.15) is 0 Å². The number of nitrogens with zero attached hydrogens (tertiary/aromatic N) is 1. The maximum Gasteiger partial charge on any atom is 0.143 e. The van der Waals surface area contributed by atoms with E-state index in [2.05, 4.69) is 42.5 Å². The minimum absolute atomic E-state index is 0.741. The second-order valence-electron chi connectivity index (χ2n) is 3.93. The number of hydrazine groups is 1. The number of benzene rings is 1. The van der Waals surface area contributed by atoms with Crippen molar-refractivity contribution in [3.05, 3.63) is 34.9 Å². The van der Waals surface area contributed by atoms with Gasteiger partial charge < -0.3 is 5.43 Å². The van der Waals surface area contributed by atoms with Crippen LogP contribution in [-0.4, -0.2) is 4.98 Å². The highest BCUT2D eigenvalue weighted by atomic mass is 15.2. The molecule has 2 aromatic rings. The molecule has 0 unspecified atom stereocenters. The van der Waals surface area contributed by atoms with Gasteiger partial charge in [-0.1, -0.05) is 0 Å². The molecule has 0 radical (unpaired) electrons. The summed E-state index contributed by atoms with van der Waals surface area (Å²) in [6.45, 7) is 6.20. The Bertz CT molecular complexity index is 518. The van der Waals surface area contributed by atoms with Gasteiger partial charge >= 0.3 is 0 Å². The maximum atomic E-state index is 5.40. The van der Waals surface area contributed by atoms with E-state index in [0.717, 1.165) is 22.3 Å². The molecule has 0 aliphatic carbocycles. The molecule has 2 rings (SSSR count). The van der Waals surface area contributed by atoms with Crippen LogP contribution in [0.2, 0.25) is 0 Å². The van der Waals surface area contributed by atoms with E-state index in [1.54, 1.807) is 0 Å². The fourth-order valence-electron chi connectivity index (χ4n) is 1.69. The Labute approximate surface area is 89.3 Å². The molecule has 0 amide bonds. The number of rotatable bonds is 1. The zero-order valence-electron chi connectivity index (χ0n) is 9.26. The molecule has 0 aliphatic rings. The number of anilines is 1. The van der Waals surface area contributed by atoms with Gasteiger partial charge in [-0.25, -0.2) is 10.8 Å². The first kappa shape index (κ1) is 9.93. The average molecular weight is 201 g/mol. The van der Waals surface area contributed by atoms with Crippen LogP contribution >= 0.6 is 0 Å². The van der Waals surface area contributed by atoms with Crippen molar-refractivity contribution < 1.29 is 0 Å². The fourth-order valence-corrected chi connectivity index (χ4v) is 1.69. The van der Waals surface area contributed by atoms with Gasteiger partial charge in [-0.3, -0.25) is 0 Å². The summed E-state index contributed by atoms with van der Waals surface area (Å²) < 4.78 is 0. The summed E-state index contributed by atoms with van der Waals surface area (Å²) in [7, 11) is 0. The lowest BCUT2D eigenvalue weighted by Crippen LogP contribution is -2.10. The number of aromatic nitrogens is 1. The molecular weight excluding hydrogens is 186 g/mol. The number of pyridine rings is 1. The molecule has 0 bridgehead atoms. The summed E-state index contributed by atoms with van der Waals surface area (Å²) in [5.74, 6) is 6.14. The normalized spacial score (nSPS) is 10.7. The number of nitrogens with two attached hydrogens (primary N) is 1. The largest absolute Gasteiger partial charge is 0.308 e. The Morgan fingerprint density at radius 1 is 1.00 bits per heavy atom. The van der Waals surface area contributed by atoms with Crippen LogP contribution in [-0.2, 0) is 0 Å². The zero-order valence-corrected chi connectivity index (χ0v) is 9.26. The molecule has 3 nitrogen and oxygen atoms in total. The summed E-state index contributed by atoms with van der Waals surface area (Å²) >= 11 is 0. The van der Waals surface area contributed by atoms with Crippen molar-refractivity contribution >= 4 is 16.7 Å². The first-order valence-corrected chi connectivity index (χ1v) is 4.97. The Morgan fingerprint density at radius 3 is 2.27 bits per heavy atom. The van der Waals surface area contributed by atoms with Crippen molar-refractivity contribution in [2.75, 3.05) is 5.43 Å². The molecule has 3 N–H and O–H groups in total. The van der Waals surface area contributed by atoms with Gasteiger partial charge in [-0.05, 0) is 55.7 Å². The van der Waals surface area contributed by atoms with Gasteiger partial charge in [0.2, 0.25) is 0 Å². The fraction of sp³-hybridized carbons (Fsp3) is 0.250. The van der Waals surface area contributed by atoms with Crippen LogP contribution in [0.25, 0.3) is 10.9 Å². The summed E-state index contributed by atoms with van der Waals surface area (Å²) in [5.41, 5.74) is 7.20. The maximum absolute atomic E-state index is 5.40. The van der Waals surface area contributed by atoms with Crippen LogP contribution < -0.4 is 11.3 Å². The van der Waals surface area contributed by atoms with Gasteiger partial charge in [-0.15, -0.1) is 0 Å². The lowest BCUT2D eigenvalue weighted by molar-refractivity contribution is 1.22. The number of hydrogen-bond acceptors (Lipinski definition) is 3. The molecule has 0 aliphatic heterocycles. The van der Waals surface area contributed by atoms with Crippen molar-refractivity contribution in [3.8, 4) is 0 Å². The van der Waals surface area contributed by atoms with E-state index in [0.29, 0.717) is 0 Å². The van der Waals surface area contributed by atoms with Gasteiger partial charge in [0.1, 0.15) is 5.82 Å². The Hall–Kier alpha value is -1.61. The number of hydrogen-bond donors (Lipinski definition) is 2. The third kappa shape index (κ3) is 1.66. The Morgan fingerprint density at radius 2 is 1.60 bits per heavy atom. The topological polar surface area (TPSA) is 50.9 Å². The number of nitrogens with one attached hydrogen (secondary N) is 1. The number of aryl methyl sites for hydroxylation is 3. The third-order valence-electron chi connectivity index (χ3n) is 2.76. The molecule has 1 aromatic heterocycles. The molecule has 0 fully saturated rings. The Kier molecular flexibility index (Phi) is 2.32. The van der Waals surface area contributed by atoms with Crippen molar-refractivity contribution in [3.63, 3.8) is 0 Å². The van der Waals surface area contributed by atoms with E-state index in [9.17, 15) is 0 Å². The molecule has 1 heterocycles. The van der Waals surface area contributed by atoms with E-state index >= 15 is 0 Å². The van der Waals surface area contributed by atoms with Gasteiger partial charge in [0.15, 0.2) is 0 Å². The van der Waals surface area contributed by atoms with Crippen LogP contribution in [0.15, 0.2) is 18.2 Å². The van der Waals surface area contributed by atoms with Crippen LogP contribution in [0.3, 0.4) is 0 Å². The highest BCUT2D eigenvalue weighted by Gasteiger charge is 2.03. The van der Waals surface area contributed by atoms with Crippen LogP contribution in [0, 0.1) is 20.8 Å². The first-order chi connectivity index (χ1) is 7.11. The van der Waals surface area contributed by atoms with Gasteiger partial charge in [0.05, 0.1) is 5.52 Å². The minimum Gasteiger partial charge on any atom is -0.308 e. The molecule has 78 valence electrons. The predicted molar refractivity (Wildman–Crippen MR) is 63.8 cm³/mol. The summed E-state index contributed by atoms with van der Waals surface area (Å²) in [5, 5.41) is 1.16. The van der Waals surface area contributed by atoms with E-state index in [1.165, 1.54) is 11.1 Å².